The Morgan fingerprint density at radius 2 is 2.04 bits per heavy atom. The highest BCUT2D eigenvalue weighted by atomic mass is 19.3. The van der Waals surface area contributed by atoms with Gasteiger partial charge in [-0.15, -0.1) is 16.6 Å². The van der Waals surface area contributed by atoms with Crippen molar-refractivity contribution < 1.29 is 18.3 Å². The number of alkyl halides is 2. The topological polar surface area (TPSA) is 60.2 Å². The molecule has 3 rings (SSSR count). The minimum Gasteiger partial charge on any atom is -0.481 e. The number of nitrogens with zero attached hydrogens (tertiary/aromatic N) is 4. The van der Waals surface area contributed by atoms with Crippen molar-refractivity contribution in [2.75, 3.05) is 13.2 Å². The van der Waals surface area contributed by atoms with Gasteiger partial charge in [0.05, 0.1) is 6.54 Å². The molecule has 0 spiro atoms. The number of terminal acetylenes is 1. The summed E-state index contributed by atoms with van der Waals surface area (Å²) >= 11 is 0. The highest BCUT2D eigenvalue weighted by molar-refractivity contribution is 5.94. The number of aromatic nitrogens is 3. The van der Waals surface area contributed by atoms with Crippen molar-refractivity contribution in [2.24, 2.45) is 0 Å². The van der Waals surface area contributed by atoms with Gasteiger partial charge in [0, 0.05) is 18.7 Å². The first-order valence-electron chi connectivity index (χ1n) is 7.26. The van der Waals surface area contributed by atoms with Crippen molar-refractivity contribution in [3.05, 3.63) is 41.5 Å². The van der Waals surface area contributed by atoms with Crippen LogP contribution in [0.4, 0.5) is 8.78 Å². The van der Waals surface area contributed by atoms with Gasteiger partial charge in [-0.25, -0.2) is 8.78 Å². The average molecular weight is 332 g/mol. The predicted molar refractivity (Wildman–Crippen MR) is 80.5 cm³/mol. The fourth-order valence-corrected chi connectivity index (χ4v) is 2.52. The van der Waals surface area contributed by atoms with E-state index in [1.807, 2.05) is 0 Å². The molecule has 1 aliphatic rings. The zero-order chi connectivity index (χ0) is 17.1. The van der Waals surface area contributed by atoms with Crippen LogP contribution in [0.1, 0.15) is 28.4 Å². The normalized spacial score (nSPS) is 13.5. The molecule has 8 heteroatoms. The first-order chi connectivity index (χ1) is 11.6. The first kappa shape index (κ1) is 15.9. The van der Waals surface area contributed by atoms with Gasteiger partial charge in [0.25, 0.3) is 12.3 Å². The Hall–Kier alpha value is -2.95. The largest absolute Gasteiger partial charge is 0.481 e. The molecule has 1 amide bonds. The summed E-state index contributed by atoms with van der Waals surface area (Å²) in [6.45, 7) is 0.867. The summed E-state index contributed by atoms with van der Waals surface area (Å²) in [5, 5.41) is 7.25. The minimum atomic E-state index is -2.68. The van der Waals surface area contributed by atoms with E-state index in [4.69, 9.17) is 11.2 Å². The van der Waals surface area contributed by atoms with E-state index in [0.717, 1.165) is 0 Å². The molecule has 0 aliphatic carbocycles. The lowest BCUT2D eigenvalue weighted by Crippen LogP contribution is -2.38. The fraction of sp³-hybridized carbons (Fsp3) is 0.312. The minimum absolute atomic E-state index is 0.147. The van der Waals surface area contributed by atoms with Crippen LogP contribution in [0.5, 0.6) is 5.75 Å². The monoisotopic (exact) mass is 332 g/mol. The average Bonchev–Trinajstić information content (AvgIpc) is 3.03. The van der Waals surface area contributed by atoms with Gasteiger partial charge >= 0.3 is 0 Å². The van der Waals surface area contributed by atoms with E-state index < -0.39 is 6.43 Å². The molecule has 0 N–H and O–H groups in total. The van der Waals surface area contributed by atoms with Crippen LogP contribution < -0.4 is 4.74 Å². The maximum absolute atomic E-state index is 12.8. The van der Waals surface area contributed by atoms with Crippen LogP contribution in [-0.2, 0) is 13.1 Å². The van der Waals surface area contributed by atoms with Crippen molar-refractivity contribution >= 4 is 5.91 Å². The smallest absolute Gasteiger partial charge is 0.297 e. The van der Waals surface area contributed by atoms with Crippen LogP contribution in [0.2, 0.25) is 0 Å². The number of hydrogen-bond acceptors (Lipinski definition) is 4. The van der Waals surface area contributed by atoms with E-state index in [-0.39, 0.29) is 31.4 Å². The van der Waals surface area contributed by atoms with Gasteiger partial charge in [-0.05, 0) is 24.3 Å². The Morgan fingerprint density at radius 1 is 1.29 bits per heavy atom. The van der Waals surface area contributed by atoms with Crippen LogP contribution in [0.15, 0.2) is 24.3 Å². The third-order valence-corrected chi connectivity index (χ3v) is 3.69. The summed E-state index contributed by atoms with van der Waals surface area (Å²) < 4.78 is 32.2. The summed E-state index contributed by atoms with van der Waals surface area (Å²) in [7, 11) is 0. The van der Waals surface area contributed by atoms with Crippen molar-refractivity contribution in [1.29, 1.82) is 0 Å². The SMILES string of the molecule is C#CCOc1ccc(C(=O)N2CCn3c(nnc3C(F)F)C2)cc1. The van der Waals surface area contributed by atoms with Crippen molar-refractivity contribution in [2.45, 2.75) is 19.5 Å². The van der Waals surface area contributed by atoms with E-state index in [1.54, 1.807) is 29.2 Å². The van der Waals surface area contributed by atoms with Crippen molar-refractivity contribution in [1.82, 2.24) is 19.7 Å². The molecule has 24 heavy (non-hydrogen) atoms. The summed E-state index contributed by atoms with van der Waals surface area (Å²) in [5.74, 6) is 2.74. The Morgan fingerprint density at radius 3 is 2.71 bits per heavy atom. The van der Waals surface area contributed by atoms with Gasteiger partial charge < -0.3 is 14.2 Å². The van der Waals surface area contributed by atoms with Crippen LogP contribution >= 0.6 is 0 Å². The number of carbonyl (C=O) groups is 1. The van der Waals surface area contributed by atoms with E-state index in [0.29, 0.717) is 23.7 Å². The lowest BCUT2D eigenvalue weighted by molar-refractivity contribution is 0.0699. The van der Waals surface area contributed by atoms with Gasteiger partial charge in [-0.2, -0.15) is 0 Å². The number of hydrogen-bond donors (Lipinski definition) is 0. The summed E-state index contributed by atoms with van der Waals surface area (Å²) in [4.78, 5) is 14.1. The number of halogens is 2. The number of fused-ring (bicyclic) bond motifs is 1. The first-order valence-corrected chi connectivity index (χ1v) is 7.26. The fourth-order valence-electron chi connectivity index (χ4n) is 2.52. The van der Waals surface area contributed by atoms with Gasteiger partial charge in [0.15, 0.2) is 11.6 Å². The van der Waals surface area contributed by atoms with Gasteiger partial charge in [0.2, 0.25) is 0 Å². The molecule has 0 saturated carbocycles. The lowest BCUT2D eigenvalue weighted by atomic mass is 10.1. The third kappa shape index (κ3) is 3.06. The zero-order valence-corrected chi connectivity index (χ0v) is 12.7. The molecule has 2 aromatic rings. The molecule has 0 unspecified atom stereocenters. The predicted octanol–water partition coefficient (Wildman–Crippen LogP) is 1.88. The number of benzene rings is 1. The Labute approximate surface area is 137 Å². The summed E-state index contributed by atoms with van der Waals surface area (Å²) in [5.41, 5.74) is 0.477. The third-order valence-electron chi connectivity index (χ3n) is 3.69. The summed E-state index contributed by atoms with van der Waals surface area (Å²) in [6.07, 6.45) is 2.44. The second kappa shape index (κ2) is 6.66. The molecule has 0 atom stereocenters. The van der Waals surface area contributed by atoms with Crippen molar-refractivity contribution in [3.63, 3.8) is 0 Å². The molecular formula is C16H14F2N4O2. The van der Waals surface area contributed by atoms with Gasteiger partial charge in [-0.1, -0.05) is 5.92 Å². The Balaban J connectivity index is 1.71. The Kier molecular flexibility index (Phi) is 4.42. The molecule has 124 valence electrons. The number of rotatable bonds is 4. The maximum atomic E-state index is 12.8. The summed E-state index contributed by atoms with van der Waals surface area (Å²) in [6, 6.07) is 6.59. The number of carbonyl (C=O) groups excluding carboxylic acids is 1. The van der Waals surface area contributed by atoms with Crippen LogP contribution in [0.3, 0.4) is 0 Å². The van der Waals surface area contributed by atoms with Gasteiger partial charge in [0.1, 0.15) is 12.4 Å². The second-order valence-corrected chi connectivity index (χ2v) is 5.17. The van der Waals surface area contributed by atoms with Gasteiger partial charge in [-0.3, -0.25) is 4.79 Å². The molecule has 1 aromatic carbocycles. The van der Waals surface area contributed by atoms with E-state index in [9.17, 15) is 13.6 Å². The van der Waals surface area contributed by atoms with E-state index in [1.165, 1.54) is 4.57 Å². The molecule has 0 saturated heterocycles. The molecule has 6 nitrogen and oxygen atoms in total. The second-order valence-electron chi connectivity index (χ2n) is 5.17. The molecule has 1 aliphatic heterocycles. The molecule has 2 heterocycles. The van der Waals surface area contributed by atoms with E-state index in [2.05, 4.69) is 16.1 Å². The van der Waals surface area contributed by atoms with Crippen molar-refractivity contribution in [3.8, 4) is 18.1 Å². The molecule has 0 fully saturated rings. The van der Waals surface area contributed by atoms with E-state index >= 15 is 0 Å². The standard InChI is InChI=1S/C16H14F2N4O2/c1-2-9-24-12-5-3-11(4-6-12)16(23)21-7-8-22-13(10-21)19-20-15(22)14(17)18/h1,3-6,14H,7-10H2. The molecule has 1 aromatic heterocycles. The lowest BCUT2D eigenvalue weighted by Gasteiger charge is -2.27. The molecule has 0 bridgehead atoms. The quantitative estimate of drug-likeness (QED) is 0.802. The highest BCUT2D eigenvalue weighted by Crippen LogP contribution is 2.22. The molecular weight excluding hydrogens is 318 g/mol. The number of ether oxygens (including phenoxy) is 1. The highest BCUT2D eigenvalue weighted by Gasteiger charge is 2.27. The maximum Gasteiger partial charge on any atom is 0.297 e. The van der Waals surface area contributed by atoms with Crippen LogP contribution in [0, 0.1) is 12.3 Å². The van der Waals surface area contributed by atoms with Crippen LogP contribution in [0.25, 0.3) is 0 Å². The van der Waals surface area contributed by atoms with Crippen LogP contribution in [-0.4, -0.2) is 38.7 Å². The zero-order valence-electron chi connectivity index (χ0n) is 12.7. The Bertz CT molecular complexity index is 780. The number of amides is 1. The molecule has 0 radical (unpaired) electrons.